The fourth-order valence-corrected chi connectivity index (χ4v) is 1.75. The van der Waals surface area contributed by atoms with Gasteiger partial charge in [-0.25, -0.2) is 4.98 Å². The first-order valence-electron chi connectivity index (χ1n) is 5.95. The second-order valence-corrected chi connectivity index (χ2v) is 4.39. The number of aromatic nitrogens is 1. The molecule has 2 heteroatoms. The Hall–Kier alpha value is -1.31. The van der Waals surface area contributed by atoms with Gasteiger partial charge in [0.2, 0.25) is 0 Å². The van der Waals surface area contributed by atoms with Crippen molar-refractivity contribution in [3.63, 3.8) is 0 Å². The summed E-state index contributed by atoms with van der Waals surface area (Å²) < 4.78 is 0. The van der Waals surface area contributed by atoms with Crippen molar-refractivity contribution in [1.29, 1.82) is 0 Å². The molecule has 0 aliphatic rings. The van der Waals surface area contributed by atoms with Crippen molar-refractivity contribution < 1.29 is 0 Å². The molecule has 1 N–H and O–H groups in total. The van der Waals surface area contributed by atoms with Crippen molar-refractivity contribution in [3.8, 4) is 0 Å². The summed E-state index contributed by atoms with van der Waals surface area (Å²) in [5, 5.41) is 3.44. The molecule has 0 amide bonds. The lowest BCUT2D eigenvalue weighted by Gasteiger charge is -2.25. The largest absolute Gasteiger partial charge is 0.367 e. The van der Waals surface area contributed by atoms with Crippen molar-refractivity contribution in [2.24, 2.45) is 11.8 Å². The van der Waals surface area contributed by atoms with Gasteiger partial charge in [0.25, 0.3) is 0 Å². The van der Waals surface area contributed by atoms with Crippen LogP contribution >= 0.6 is 0 Å². The van der Waals surface area contributed by atoms with Crippen molar-refractivity contribution in [3.05, 3.63) is 36.5 Å². The molecule has 0 fully saturated rings. The Morgan fingerprint density at radius 2 is 2.00 bits per heavy atom. The van der Waals surface area contributed by atoms with Crippen LogP contribution in [0.15, 0.2) is 36.5 Å². The summed E-state index contributed by atoms with van der Waals surface area (Å²) in [7, 11) is 0. The van der Waals surface area contributed by atoms with Gasteiger partial charge in [-0.15, -0.1) is 0 Å². The zero-order valence-corrected chi connectivity index (χ0v) is 10.6. The molecule has 1 unspecified atom stereocenters. The molecule has 0 radical (unpaired) electrons. The van der Waals surface area contributed by atoms with Crippen LogP contribution in [0, 0.1) is 11.8 Å². The van der Waals surface area contributed by atoms with Crippen molar-refractivity contribution >= 4 is 5.82 Å². The number of nitrogens with one attached hydrogen (secondary N) is 1. The molecule has 0 aliphatic heterocycles. The third kappa shape index (κ3) is 3.69. The molecule has 1 heterocycles. The van der Waals surface area contributed by atoms with Crippen LogP contribution in [-0.2, 0) is 0 Å². The molecule has 0 bridgehead atoms. The second-order valence-electron chi connectivity index (χ2n) is 4.39. The summed E-state index contributed by atoms with van der Waals surface area (Å²) in [6.07, 6.45) is 6.19. The molecular formula is C14H22N2. The van der Waals surface area contributed by atoms with E-state index in [0.29, 0.717) is 17.9 Å². The van der Waals surface area contributed by atoms with Crippen LogP contribution in [0.2, 0.25) is 0 Å². The van der Waals surface area contributed by atoms with E-state index in [1.807, 2.05) is 24.4 Å². The van der Waals surface area contributed by atoms with Gasteiger partial charge < -0.3 is 5.32 Å². The van der Waals surface area contributed by atoms with Crippen LogP contribution < -0.4 is 5.32 Å². The Morgan fingerprint density at radius 3 is 2.56 bits per heavy atom. The maximum absolute atomic E-state index is 4.28. The van der Waals surface area contributed by atoms with Gasteiger partial charge in [0, 0.05) is 12.2 Å². The molecule has 0 aliphatic carbocycles. The Balaban J connectivity index is 2.55. The second kappa shape index (κ2) is 6.31. The molecule has 1 rings (SSSR count). The van der Waals surface area contributed by atoms with Crippen LogP contribution in [-0.4, -0.2) is 11.0 Å². The SMILES string of the molecule is C/C=C\C(C)[C@@H](C)[C@H](C)Nc1ccccn1. The Bertz CT molecular complexity index is 319. The van der Waals surface area contributed by atoms with Gasteiger partial charge in [0.15, 0.2) is 0 Å². The highest BCUT2D eigenvalue weighted by atomic mass is 15.0. The number of allylic oxidation sites excluding steroid dienone is 2. The highest BCUT2D eigenvalue weighted by Crippen LogP contribution is 2.19. The minimum absolute atomic E-state index is 0.418. The molecule has 0 aromatic carbocycles. The van der Waals surface area contributed by atoms with E-state index in [4.69, 9.17) is 0 Å². The van der Waals surface area contributed by atoms with E-state index in [1.165, 1.54) is 0 Å². The summed E-state index contributed by atoms with van der Waals surface area (Å²) in [6.45, 7) is 8.80. The van der Waals surface area contributed by atoms with Gasteiger partial charge >= 0.3 is 0 Å². The topological polar surface area (TPSA) is 24.9 Å². The van der Waals surface area contributed by atoms with Gasteiger partial charge in [0.1, 0.15) is 5.82 Å². The van der Waals surface area contributed by atoms with Crippen LogP contribution in [0.25, 0.3) is 0 Å². The first kappa shape index (κ1) is 12.8. The van der Waals surface area contributed by atoms with E-state index in [0.717, 1.165) is 5.82 Å². The molecule has 0 spiro atoms. The maximum Gasteiger partial charge on any atom is 0.126 e. The summed E-state index contributed by atoms with van der Waals surface area (Å²) in [4.78, 5) is 4.28. The Morgan fingerprint density at radius 1 is 1.25 bits per heavy atom. The van der Waals surface area contributed by atoms with Crippen molar-refractivity contribution in [2.75, 3.05) is 5.32 Å². The van der Waals surface area contributed by atoms with Gasteiger partial charge in [0.05, 0.1) is 0 Å². The van der Waals surface area contributed by atoms with Crippen molar-refractivity contribution in [2.45, 2.75) is 33.7 Å². The smallest absolute Gasteiger partial charge is 0.126 e. The van der Waals surface area contributed by atoms with Gasteiger partial charge in [-0.3, -0.25) is 0 Å². The molecule has 1 aromatic rings. The maximum atomic E-state index is 4.28. The highest BCUT2D eigenvalue weighted by molar-refractivity contribution is 5.34. The number of hydrogen-bond acceptors (Lipinski definition) is 2. The van der Waals surface area contributed by atoms with Crippen molar-refractivity contribution in [1.82, 2.24) is 4.98 Å². The lowest BCUT2D eigenvalue weighted by atomic mass is 9.89. The highest BCUT2D eigenvalue weighted by Gasteiger charge is 2.16. The third-order valence-corrected chi connectivity index (χ3v) is 3.15. The summed E-state index contributed by atoms with van der Waals surface area (Å²) in [5.41, 5.74) is 0. The zero-order chi connectivity index (χ0) is 12.0. The minimum Gasteiger partial charge on any atom is -0.367 e. The number of nitrogens with zero attached hydrogens (tertiary/aromatic N) is 1. The average Bonchev–Trinajstić information content (AvgIpc) is 2.29. The van der Waals surface area contributed by atoms with E-state index >= 15 is 0 Å². The van der Waals surface area contributed by atoms with Gasteiger partial charge in [-0.2, -0.15) is 0 Å². The standard InChI is InChI=1S/C14H22N2/c1-5-8-11(2)12(3)13(4)16-14-9-6-7-10-15-14/h5-13H,1-4H3,(H,15,16)/b8-5-/t11?,12-,13+/m1/s1. The molecule has 0 saturated carbocycles. The first-order valence-corrected chi connectivity index (χ1v) is 5.95. The van der Waals surface area contributed by atoms with Crippen LogP contribution in [0.3, 0.4) is 0 Å². The number of anilines is 1. The summed E-state index contributed by atoms with van der Waals surface area (Å²) >= 11 is 0. The predicted molar refractivity (Wildman–Crippen MR) is 70.5 cm³/mol. The van der Waals surface area contributed by atoms with Gasteiger partial charge in [-0.05, 0) is 37.8 Å². The normalized spacial score (nSPS) is 17.0. The van der Waals surface area contributed by atoms with E-state index in [-0.39, 0.29) is 0 Å². The number of rotatable bonds is 5. The van der Waals surface area contributed by atoms with E-state index in [1.54, 1.807) is 0 Å². The lowest BCUT2D eigenvalue weighted by Crippen LogP contribution is -2.28. The van der Waals surface area contributed by atoms with E-state index in [2.05, 4.69) is 50.1 Å². The van der Waals surface area contributed by atoms with Gasteiger partial charge in [-0.1, -0.05) is 32.1 Å². The predicted octanol–water partition coefficient (Wildman–Crippen LogP) is 3.73. The van der Waals surface area contributed by atoms with Crippen LogP contribution in [0.5, 0.6) is 0 Å². The van der Waals surface area contributed by atoms with Crippen LogP contribution in [0.1, 0.15) is 27.7 Å². The third-order valence-electron chi connectivity index (χ3n) is 3.15. The van der Waals surface area contributed by atoms with E-state index < -0.39 is 0 Å². The zero-order valence-electron chi connectivity index (χ0n) is 10.6. The fourth-order valence-electron chi connectivity index (χ4n) is 1.75. The Labute approximate surface area is 98.8 Å². The number of hydrogen-bond donors (Lipinski definition) is 1. The molecular weight excluding hydrogens is 196 g/mol. The molecule has 2 nitrogen and oxygen atoms in total. The minimum atomic E-state index is 0.418. The molecule has 0 saturated heterocycles. The average molecular weight is 218 g/mol. The van der Waals surface area contributed by atoms with Crippen LogP contribution in [0.4, 0.5) is 5.82 Å². The fraction of sp³-hybridized carbons (Fsp3) is 0.500. The quantitative estimate of drug-likeness (QED) is 0.762. The Kier molecular flexibility index (Phi) is 5.03. The summed E-state index contributed by atoms with van der Waals surface area (Å²) in [5.74, 6) is 2.11. The summed E-state index contributed by atoms with van der Waals surface area (Å²) in [6, 6.07) is 6.36. The monoisotopic (exact) mass is 218 g/mol. The molecule has 88 valence electrons. The molecule has 16 heavy (non-hydrogen) atoms. The number of pyridine rings is 1. The lowest BCUT2D eigenvalue weighted by molar-refractivity contribution is 0.411. The molecule has 1 aromatic heterocycles. The van der Waals surface area contributed by atoms with E-state index in [9.17, 15) is 0 Å². The first-order chi connectivity index (χ1) is 7.65. The molecule has 3 atom stereocenters.